The number of carbonyl (C=O) groups is 17. The number of fused-ring (bicyclic) bond motifs is 4. The molecule has 14 atom stereocenters. The molecular formula is C90H129N19O21S. The summed E-state index contributed by atoms with van der Waals surface area (Å²) in [7, 11) is 3.93. The lowest BCUT2D eigenvalue weighted by Crippen LogP contribution is -2.61. The molecule has 3 fully saturated rings. The van der Waals surface area contributed by atoms with E-state index in [4.69, 9.17) is 17.2 Å². The van der Waals surface area contributed by atoms with Crippen molar-refractivity contribution in [2.24, 2.45) is 29.0 Å². The largest absolute Gasteiger partial charge is 0.508 e. The predicted molar refractivity (Wildman–Crippen MR) is 484 cm³/mol. The number of nitrogens with two attached hydrogens (primary N) is 3. The van der Waals surface area contributed by atoms with E-state index < -0.39 is 236 Å². The Morgan fingerprint density at radius 2 is 1.02 bits per heavy atom. The van der Waals surface area contributed by atoms with E-state index in [1.54, 1.807) is 82.4 Å². The molecule has 0 radical (unpaired) electrons. The number of likely N-dealkylation sites (N-methyl/N-ethyl adjacent to an activating group) is 3. The molecule has 131 heavy (non-hydrogen) atoms. The fraction of sp³-hybridized carbons (Fsp3) is 0.567. The third-order valence-corrected chi connectivity index (χ3v) is 24.9. The summed E-state index contributed by atoms with van der Waals surface area (Å²) < 4.78 is 1.43. The monoisotopic (exact) mass is 1840 g/mol. The normalized spacial score (nSPS) is 24.8. The summed E-state index contributed by atoms with van der Waals surface area (Å²) >= 11 is 0.822. The molecule has 0 saturated carbocycles. The molecule has 0 aliphatic carbocycles. The van der Waals surface area contributed by atoms with Crippen molar-refractivity contribution < 1.29 is 102 Å². The summed E-state index contributed by atoms with van der Waals surface area (Å²) in [6.07, 6.45) is 0.351. The highest BCUT2D eigenvalue weighted by molar-refractivity contribution is 8.00. The van der Waals surface area contributed by atoms with Crippen molar-refractivity contribution in [2.45, 2.75) is 261 Å². The number of para-hydroxylation sites is 2. The number of aliphatic carboxylic acids is 1. The van der Waals surface area contributed by atoms with Gasteiger partial charge in [-0.1, -0.05) is 116 Å². The van der Waals surface area contributed by atoms with Gasteiger partial charge in [0.25, 0.3) is 0 Å². The molecule has 0 unspecified atom stereocenters. The van der Waals surface area contributed by atoms with Crippen molar-refractivity contribution in [3.8, 4) is 5.75 Å². The number of amides is 16. The number of hydrogen-bond acceptors (Lipinski definition) is 22. The number of aliphatic hydroxyl groups is 2. The minimum absolute atomic E-state index is 0.00782. The van der Waals surface area contributed by atoms with Crippen molar-refractivity contribution in [2.75, 3.05) is 52.3 Å². The number of primary amides is 2. The number of unbranched alkanes of at least 4 members (excludes halogenated alkanes) is 2. The molecule has 8 rings (SSSR count). The lowest BCUT2D eigenvalue weighted by Gasteiger charge is -2.36. The van der Waals surface area contributed by atoms with Gasteiger partial charge in [0.2, 0.25) is 94.5 Å². The minimum atomic E-state index is -2.08. The van der Waals surface area contributed by atoms with Gasteiger partial charge in [0.05, 0.1) is 12.2 Å². The standard InChI is InChI=1S/C90H129N19O21S/c1-11-13-24-69-83(123)97-60(37-49(3)4)80(120)103-67(77(93)117)47-131-48-74(112)95-63(39-52-29-31-55(110)32-30-52)86(126)104(8)51(7)78(118)99-65(42-73(92)111)89(129)109-36-20-28-71(109)85(125)102-66(43-91)82(122)100-62(38-50(5)6)88(128)108-35-19-27-70(108)84(124)98-61(40-53-44-94-58-23-17-15-21-56(53)58)81(121)96-59(33-34-75(113)114)79(119)101-64(87(127)106(10)72(25-14-12-2)90(130)105(69)9)41-54-45-107(46-76(115)116)68-26-18-16-22-57(54)68/h15-18,21-23,26,29-32,44-45,49-51,59-67,69-72,75,94,110,113-114H,11-14,19-20,24-25,27-28,33-43,46-48,91H2,1-10H3,(H2,92,111)(H2,93,117)(H,95,112)(H,96,121)(H,97,123)(H,98,124)(H,99,118)(H,100,122)(H,101,119)(H,102,125)(H,103,120)(H,115,116)/t51-,59-,60-,61-,62-,63-,64-,65-,66-,67-,69-,70-,71-,72-/m0/s1. The van der Waals surface area contributed by atoms with Crippen LogP contribution in [0.5, 0.6) is 5.75 Å². The molecule has 0 spiro atoms. The Bertz CT molecular complexity index is 4910. The minimum Gasteiger partial charge on any atom is -0.508 e. The van der Waals surface area contributed by atoms with Gasteiger partial charge >= 0.3 is 5.97 Å². The van der Waals surface area contributed by atoms with Crippen LogP contribution in [0, 0.1) is 11.8 Å². The summed E-state index contributed by atoms with van der Waals surface area (Å²) in [5.74, 6) is -17.3. The summed E-state index contributed by atoms with van der Waals surface area (Å²) in [5.41, 5.74) is 20.1. The Morgan fingerprint density at radius 3 is 1.62 bits per heavy atom. The smallest absolute Gasteiger partial charge is 0.323 e. The maximum absolute atomic E-state index is 16.0. The average Bonchev–Trinajstić information content (AvgIpc) is 1.75. The van der Waals surface area contributed by atoms with E-state index in [1.807, 2.05) is 13.8 Å². The van der Waals surface area contributed by atoms with Crippen molar-refractivity contribution in [3.63, 3.8) is 0 Å². The molecule has 3 aliphatic rings. The zero-order valence-electron chi connectivity index (χ0n) is 75.9. The lowest BCUT2D eigenvalue weighted by atomic mass is 9.99. The second-order valence-corrected chi connectivity index (χ2v) is 35.8. The quantitative estimate of drug-likeness (QED) is 0.0325. The average molecular weight is 1850 g/mol. The number of nitrogens with one attached hydrogen (secondary N) is 10. The number of phenols is 1. The van der Waals surface area contributed by atoms with E-state index in [1.165, 1.54) is 72.9 Å². The number of benzene rings is 3. The SMILES string of the molecule is CCCC[C@H]1C(=O)N(C)[C@@H](CCCC)C(=O)N[C@@H](CC(C)C)C(=O)N[C@H](C(N)=O)CSCC(=O)N[C@@H](Cc2ccc(O)cc2)C(=O)N(C)[C@@H](C)C(=O)N[C@@H](CC(N)=O)C(=O)N2CCC[C@H]2C(=O)N[C@@H](CN)C(=O)N[C@@H](CC(C)C)C(=O)N2CCC[C@H]2C(=O)N[C@@H](Cc2c[nH]c3ccccc23)C(=O)N[C@@H](CCC(O)O)C(=O)N[C@@H](Cc2cn(CC(=O)O)c3ccccc23)C(=O)N1C. The molecular weight excluding hydrogens is 1720 g/mol. The highest BCUT2D eigenvalue weighted by Crippen LogP contribution is 2.29. The van der Waals surface area contributed by atoms with Crippen molar-refractivity contribution in [3.05, 3.63) is 102 Å². The first-order chi connectivity index (χ1) is 62.1. The number of rotatable bonds is 25. The van der Waals surface area contributed by atoms with E-state index in [9.17, 15) is 68.4 Å². The van der Waals surface area contributed by atoms with Gasteiger partial charge in [-0.25, -0.2) is 0 Å². The number of H-pyrrole nitrogens is 1. The van der Waals surface area contributed by atoms with Crippen LogP contribution >= 0.6 is 11.8 Å². The Kier molecular flexibility index (Phi) is 39.1. The number of phenolic OH excluding ortho intramolecular Hbond substituents is 1. The van der Waals surface area contributed by atoms with Crippen LogP contribution in [0.3, 0.4) is 0 Å². The number of hydrogen-bond donors (Lipinski definition) is 17. The van der Waals surface area contributed by atoms with Gasteiger partial charge < -0.3 is 120 Å². The fourth-order valence-corrected chi connectivity index (χ4v) is 17.5. The number of aromatic amines is 1. The van der Waals surface area contributed by atoms with Crippen molar-refractivity contribution in [1.82, 2.24) is 81.9 Å². The van der Waals surface area contributed by atoms with Crippen LogP contribution in [0.4, 0.5) is 0 Å². The Morgan fingerprint density at radius 1 is 0.519 bits per heavy atom. The summed E-state index contributed by atoms with van der Waals surface area (Å²) in [4.78, 5) is 257. The second kappa shape index (κ2) is 49.1. The number of thioether (sulfide) groups is 1. The molecule has 716 valence electrons. The number of aromatic nitrogens is 2. The number of nitrogens with zero attached hydrogens (tertiary/aromatic N) is 6. The maximum Gasteiger partial charge on any atom is 0.323 e. The van der Waals surface area contributed by atoms with Crippen LogP contribution in [0.15, 0.2) is 85.2 Å². The molecule has 40 nitrogen and oxygen atoms in total. The zero-order chi connectivity index (χ0) is 96.4. The first-order valence-corrected chi connectivity index (χ1v) is 45.8. The number of carbonyl (C=O) groups excluding carboxylic acids is 16. The van der Waals surface area contributed by atoms with Crippen LogP contribution < -0.4 is 65.1 Å². The summed E-state index contributed by atoms with van der Waals surface area (Å²) in [6, 6.07) is -1.61. The molecule has 3 aromatic carbocycles. The molecule has 5 aromatic rings. The third kappa shape index (κ3) is 28.9. The number of carboxylic acids is 1. The highest BCUT2D eigenvalue weighted by atomic mass is 32.2. The Labute approximate surface area is 764 Å². The topological polar surface area (TPSA) is 594 Å². The maximum atomic E-state index is 16.0. The predicted octanol–water partition coefficient (Wildman–Crippen LogP) is -0.584. The van der Waals surface area contributed by atoms with Crippen molar-refractivity contribution in [1.29, 1.82) is 0 Å². The van der Waals surface area contributed by atoms with Gasteiger partial charge in [0.15, 0.2) is 6.29 Å². The van der Waals surface area contributed by atoms with Gasteiger partial charge in [0, 0.05) is 106 Å². The van der Waals surface area contributed by atoms with Gasteiger partial charge in [-0.3, -0.25) is 81.5 Å². The lowest BCUT2D eigenvalue weighted by molar-refractivity contribution is -0.149. The van der Waals surface area contributed by atoms with E-state index in [-0.39, 0.29) is 101 Å². The van der Waals surface area contributed by atoms with Crippen LogP contribution in [0.1, 0.15) is 161 Å². The van der Waals surface area contributed by atoms with E-state index >= 15 is 33.6 Å². The van der Waals surface area contributed by atoms with Gasteiger partial charge in [-0.2, -0.15) is 0 Å². The number of aliphatic hydroxyl groups excluding tert-OH is 1. The molecule has 41 heteroatoms. The molecule has 20 N–H and O–H groups in total. The highest BCUT2D eigenvalue weighted by Gasteiger charge is 2.46. The molecule has 3 aliphatic heterocycles. The van der Waals surface area contributed by atoms with Crippen LogP contribution in [-0.2, 0) is 107 Å². The van der Waals surface area contributed by atoms with E-state index in [0.717, 1.165) is 26.5 Å². The van der Waals surface area contributed by atoms with Crippen LogP contribution in [-0.4, -0.2) is 298 Å². The molecule has 16 amide bonds. The van der Waals surface area contributed by atoms with E-state index in [2.05, 4.69) is 52.8 Å². The van der Waals surface area contributed by atoms with Gasteiger partial charge in [-0.05, 0) is 118 Å². The Hall–Kier alpha value is -12.2. The number of carboxylic acid groups (broad SMARTS) is 1. The van der Waals surface area contributed by atoms with E-state index in [0.29, 0.717) is 64.2 Å². The zero-order valence-corrected chi connectivity index (χ0v) is 76.7. The Balaban J connectivity index is 1.19. The van der Waals surface area contributed by atoms with Crippen LogP contribution in [0.2, 0.25) is 0 Å². The second-order valence-electron chi connectivity index (χ2n) is 34.8. The first-order valence-electron chi connectivity index (χ1n) is 44.6. The first kappa shape index (κ1) is 104. The number of aromatic hydroxyl groups is 1. The van der Waals surface area contributed by atoms with Crippen LogP contribution in [0.25, 0.3) is 21.8 Å². The molecule has 2 aromatic heterocycles. The molecule has 0 bridgehead atoms. The van der Waals surface area contributed by atoms with Gasteiger partial charge in [0.1, 0.15) is 96.9 Å². The fourth-order valence-electron chi connectivity index (χ4n) is 16.7. The summed E-state index contributed by atoms with van der Waals surface area (Å²) in [5, 5.41) is 66.5. The van der Waals surface area contributed by atoms with Crippen molar-refractivity contribution >= 4 is 134 Å². The van der Waals surface area contributed by atoms with Gasteiger partial charge in [-0.15, -0.1) is 11.8 Å². The molecule has 5 heterocycles. The summed E-state index contributed by atoms with van der Waals surface area (Å²) in [6.45, 7) is 10.8. The third-order valence-electron chi connectivity index (χ3n) is 23.9. The molecule has 3 saturated heterocycles.